The topological polar surface area (TPSA) is 66.2 Å². The van der Waals surface area contributed by atoms with Crippen LogP contribution in [-0.4, -0.2) is 71.1 Å². The predicted octanol–water partition coefficient (Wildman–Crippen LogP) is 6.79. The SMILES string of the molecule is CC(C)[C@H]1CN(C(Cc2ccc(C(F)(F)F)o2)c2ccccc2)CCN1C(=O)CC1CCN(C(=O)OC(C)(C)C)CC1. The quantitative estimate of drug-likeness (QED) is 0.355. The number of nitrogens with zero attached hydrogens (tertiary/aromatic N) is 3. The van der Waals surface area contributed by atoms with Crippen LogP contribution in [-0.2, 0) is 22.1 Å². The lowest BCUT2D eigenvalue weighted by Gasteiger charge is -2.46. The Morgan fingerprint density at radius 2 is 1.64 bits per heavy atom. The molecule has 2 aliphatic rings. The van der Waals surface area contributed by atoms with Crippen LogP contribution in [0.2, 0.25) is 0 Å². The van der Waals surface area contributed by atoms with Gasteiger partial charge in [-0.3, -0.25) is 9.69 Å². The zero-order valence-corrected chi connectivity index (χ0v) is 25.3. The summed E-state index contributed by atoms with van der Waals surface area (Å²) in [5, 5.41) is 0. The van der Waals surface area contributed by atoms with Crippen molar-refractivity contribution in [2.75, 3.05) is 32.7 Å². The smallest absolute Gasteiger partial charge is 0.449 e. The van der Waals surface area contributed by atoms with Crippen LogP contribution in [0.25, 0.3) is 0 Å². The molecule has 3 heterocycles. The van der Waals surface area contributed by atoms with Gasteiger partial charge in [0.25, 0.3) is 0 Å². The summed E-state index contributed by atoms with van der Waals surface area (Å²) < 4.78 is 50.3. The Morgan fingerprint density at radius 3 is 2.21 bits per heavy atom. The van der Waals surface area contributed by atoms with Crippen LogP contribution in [0.1, 0.15) is 77.0 Å². The number of piperidine rings is 1. The van der Waals surface area contributed by atoms with Gasteiger partial charge in [-0.05, 0) is 63.1 Å². The summed E-state index contributed by atoms with van der Waals surface area (Å²) >= 11 is 0. The van der Waals surface area contributed by atoms with Crippen molar-refractivity contribution in [2.45, 2.75) is 84.2 Å². The highest BCUT2D eigenvalue weighted by Gasteiger charge is 2.38. The minimum Gasteiger partial charge on any atom is -0.456 e. The van der Waals surface area contributed by atoms with Gasteiger partial charge in [0.1, 0.15) is 11.4 Å². The Kier molecular flexibility index (Phi) is 9.96. The van der Waals surface area contributed by atoms with Crippen molar-refractivity contribution in [3.63, 3.8) is 0 Å². The number of hydrogen-bond donors (Lipinski definition) is 0. The summed E-state index contributed by atoms with van der Waals surface area (Å²) in [5.74, 6) is -0.171. The molecule has 42 heavy (non-hydrogen) atoms. The van der Waals surface area contributed by atoms with E-state index in [1.165, 1.54) is 6.07 Å². The maximum atomic E-state index is 13.6. The van der Waals surface area contributed by atoms with Crippen molar-refractivity contribution in [3.05, 3.63) is 59.5 Å². The van der Waals surface area contributed by atoms with Crippen LogP contribution in [0.5, 0.6) is 0 Å². The standard InChI is InChI=1S/C32H44F3N3O4/c1-22(2)27-21-37(26(24-9-7-6-8-10-24)20-25-11-12-28(41-25)32(33,34)35)17-18-38(27)29(39)19-23-13-15-36(16-14-23)30(40)42-31(3,4)5/h6-12,22-23,26-27H,13-21H2,1-5H3/t26?,27-/m1/s1. The number of benzene rings is 1. The lowest BCUT2D eigenvalue weighted by atomic mass is 9.91. The third kappa shape index (κ3) is 8.30. The number of halogens is 3. The average molecular weight is 592 g/mol. The molecule has 1 aromatic heterocycles. The zero-order chi connectivity index (χ0) is 30.7. The summed E-state index contributed by atoms with van der Waals surface area (Å²) in [6.45, 7) is 12.7. The largest absolute Gasteiger partial charge is 0.456 e. The van der Waals surface area contributed by atoms with E-state index in [1.807, 2.05) is 56.0 Å². The van der Waals surface area contributed by atoms with Gasteiger partial charge in [0, 0.05) is 57.6 Å². The first-order chi connectivity index (χ1) is 19.7. The van der Waals surface area contributed by atoms with Gasteiger partial charge in [0.15, 0.2) is 0 Å². The number of hydrogen-bond acceptors (Lipinski definition) is 5. The van der Waals surface area contributed by atoms with Gasteiger partial charge in [-0.15, -0.1) is 0 Å². The molecule has 2 fully saturated rings. The van der Waals surface area contributed by atoms with Crippen LogP contribution in [0, 0.1) is 11.8 Å². The number of piperazine rings is 1. The second-order valence-electron chi connectivity index (χ2n) is 12.9. The molecule has 2 aliphatic heterocycles. The number of likely N-dealkylation sites (tertiary alicyclic amines) is 1. The van der Waals surface area contributed by atoms with E-state index >= 15 is 0 Å². The highest BCUT2D eigenvalue weighted by Crippen LogP contribution is 2.34. The molecule has 2 saturated heterocycles. The van der Waals surface area contributed by atoms with Gasteiger partial charge in [0.2, 0.25) is 11.7 Å². The number of carbonyl (C=O) groups is 2. The number of carbonyl (C=O) groups excluding carboxylic acids is 2. The van der Waals surface area contributed by atoms with Gasteiger partial charge in [-0.25, -0.2) is 4.79 Å². The molecule has 1 unspecified atom stereocenters. The molecular formula is C32H44F3N3O4. The highest BCUT2D eigenvalue weighted by atomic mass is 19.4. The van der Waals surface area contributed by atoms with E-state index < -0.39 is 17.5 Å². The molecule has 0 spiro atoms. The van der Waals surface area contributed by atoms with Crippen molar-refractivity contribution in [1.29, 1.82) is 0 Å². The second-order valence-corrected chi connectivity index (χ2v) is 12.9. The van der Waals surface area contributed by atoms with E-state index in [4.69, 9.17) is 9.15 Å². The Balaban J connectivity index is 1.40. The van der Waals surface area contributed by atoms with Gasteiger partial charge >= 0.3 is 12.3 Å². The van der Waals surface area contributed by atoms with Crippen LogP contribution < -0.4 is 0 Å². The van der Waals surface area contributed by atoms with E-state index in [-0.39, 0.29) is 41.7 Å². The summed E-state index contributed by atoms with van der Waals surface area (Å²) in [6, 6.07) is 11.9. The Hall–Kier alpha value is -3.01. The fourth-order valence-corrected chi connectivity index (χ4v) is 5.97. The minimum atomic E-state index is -4.53. The Morgan fingerprint density at radius 1 is 0.976 bits per heavy atom. The molecule has 2 atom stereocenters. The molecule has 0 aliphatic carbocycles. The number of ether oxygens (including phenoxy) is 1. The minimum absolute atomic E-state index is 0.0262. The first-order valence-corrected chi connectivity index (χ1v) is 14.9. The molecule has 2 aromatic rings. The maximum absolute atomic E-state index is 13.6. The first kappa shape index (κ1) is 31.9. The molecule has 0 saturated carbocycles. The van der Waals surface area contributed by atoms with Gasteiger partial charge in [0.05, 0.1) is 0 Å². The molecule has 7 nitrogen and oxygen atoms in total. The number of alkyl halides is 3. The number of furan rings is 1. The van der Waals surface area contributed by atoms with Crippen LogP contribution >= 0.6 is 0 Å². The molecule has 1 aromatic carbocycles. The van der Waals surface area contributed by atoms with Crippen LogP contribution in [0.15, 0.2) is 46.9 Å². The third-order valence-electron chi connectivity index (χ3n) is 8.23. The fourth-order valence-electron chi connectivity index (χ4n) is 5.97. The molecular weight excluding hydrogens is 547 g/mol. The van der Waals surface area contributed by atoms with Crippen molar-refractivity contribution < 1.29 is 31.9 Å². The summed E-state index contributed by atoms with van der Waals surface area (Å²) in [4.78, 5) is 32.0. The Labute approximate surface area is 247 Å². The van der Waals surface area contributed by atoms with Crippen molar-refractivity contribution in [2.24, 2.45) is 11.8 Å². The number of rotatable bonds is 7. The van der Waals surface area contributed by atoms with E-state index in [9.17, 15) is 22.8 Å². The summed E-state index contributed by atoms with van der Waals surface area (Å²) in [7, 11) is 0. The van der Waals surface area contributed by atoms with Gasteiger partial charge < -0.3 is 19.0 Å². The fraction of sp³-hybridized carbons (Fsp3) is 0.625. The molecule has 4 rings (SSSR count). The van der Waals surface area contributed by atoms with E-state index in [0.29, 0.717) is 45.6 Å². The third-order valence-corrected chi connectivity index (χ3v) is 8.23. The first-order valence-electron chi connectivity index (χ1n) is 14.9. The average Bonchev–Trinajstić information content (AvgIpc) is 3.41. The van der Waals surface area contributed by atoms with Crippen LogP contribution in [0.3, 0.4) is 0 Å². The van der Waals surface area contributed by atoms with E-state index in [2.05, 4.69) is 18.7 Å². The lowest BCUT2D eigenvalue weighted by Crippen LogP contribution is -2.58. The second kappa shape index (κ2) is 13.1. The molecule has 0 N–H and O–H groups in total. The molecule has 232 valence electrons. The van der Waals surface area contributed by atoms with Gasteiger partial charge in [-0.2, -0.15) is 13.2 Å². The van der Waals surface area contributed by atoms with Crippen molar-refractivity contribution in [3.8, 4) is 0 Å². The van der Waals surface area contributed by atoms with Gasteiger partial charge in [-0.1, -0.05) is 44.2 Å². The van der Waals surface area contributed by atoms with Crippen molar-refractivity contribution >= 4 is 12.0 Å². The normalized spacial score (nSPS) is 20.2. The van der Waals surface area contributed by atoms with E-state index in [1.54, 1.807) is 4.90 Å². The Bertz CT molecular complexity index is 1180. The summed E-state index contributed by atoms with van der Waals surface area (Å²) in [5.41, 5.74) is 0.461. The molecule has 10 heteroatoms. The highest BCUT2D eigenvalue weighted by molar-refractivity contribution is 5.77. The lowest BCUT2D eigenvalue weighted by molar-refractivity contribution is -0.153. The van der Waals surface area contributed by atoms with Crippen molar-refractivity contribution in [1.82, 2.24) is 14.7 Å². The van der Waals surface area contributed by atoms with Crippen LogP contribution in [0.4, 0.5) is 18.0 Å². The number of amides is 2. The monoisotopic (exact) mass is 591 g/mol. The van der Waals surface area contributed by atoms with E-state index in [0.717, 1.165) is 24.5 Å². The predicted molar refractivity (Wildman–Crippen MR) is 154 cm³/mol. The molecule has 0 bridgehead atoms. The molecule has 0 radical (unpaired) electrons. The maximum Gasteiger partial charge on any atom is 0.449 e. The molecule has 2 amide bonds. The summed E-state index contributed by atoms with van der Waals surface area (Å²) in [6.07, 6.45) is -2.57. The zero-order valence-electron chi connectivity index (χ0n) is 25.3.